The Balaban J connectivity index is 2.22. The zero-order valence-electron chi connectivity index (χ0n) is 17.4. The fourth-order valence-corrected chi connectivity index (χ4v) is 3.11. The maximum Gasteiger partial charge on any atom is 0.242 e. The monoisotopic (exact) mass is 416 g/mol. The number of benzene rings is 2. The predicted octanol–water partition coefficient (Wildman–Crippen LogP) is 4.22. The summed E-state index contributed by atoms with van der Waals surface area (Å²) in [6.45, 7) is 6.05. The number of amides is 2. The van der Waals surface area contributed by atoms with Crippen LogP contribution in [-0.2, 0) is 22.6 Å². The third-order valence-corrected chi connectivity index (χ3v) is 5.16. The molecule has 6 heteroatoms. The molecule has 2 amide bonds. The Morgan fingerprint density at radius 3 is 2.38 bits per heavy atom. The van der Waals surface area contributed by atoms with Gasteiger partial charge in [0.15, 0.2) is 0 Å². The van der Waals surface area contributed by atoms with Gasteiger partial charge in [-0.1, -0.05) is 42.8 Å². The highest BCUT2D eigenvalue weighted by molar-refractivity contribution is 6.30. The van der Waals surface area contributed by atoms with E-state index >= 15 is 0 Å². The van der Waals surface area contributed by atoms with Crippen molar-refractivity contribution in [1.82, 2.24) is 10.2 Å². The summed E-state index contributed by atoms with van der Waals surface area (Å²) >= 11 is 6.05. The summed E-state index contributed by atoms with van der Waals surface area (Å²) < 4.78 is 5.20. The van der Waals surface area contributed by atoms with Gasteiger partial charge in [0.05, 0.1) is 13.5 Å². The predicted molar refractivity (Wildman–Crippen MR) is 116 cm³/mol. The number of carbonyl (C=O) groups is 2. The molecule has 2 unspecified atom stereocenters. The van der Waals surface area contributed by atoms with Gasteiger partial charge >= 0.3 is 0 Å². The molecule has 156 valence electrons. The Morgan fingerprint density at radius 2 is 1.79 bits per heavy atom. The van der Waals surface area contributed by atoms with Crippen LogP contribution in [0.5, 0.6) is 5.75 Å². The second-order valence-corrected chi connectivity index (χ2v) is 7.61. The number of nitrogens with one attached hydrogen (secondary N) is 1. The Labute approximate surface area is 178 Å². The molecule has 0 aliphatic rings. The molecule has 2 aromatic carbocycles. The molecule has 5 nitrogen and oxygen atoms in total. The normalized spacial score (nSPS) is 12.7. The maximum absolute atomic E-state index is 13.1. The van der Waals surface area contributed by atoms with Crippen LogP contribution in [0, 0.1) is 0 Å². The van der Waals surface area contributed by atoms with Crippen LogP contribution in [0.1, 0.15) is 38.3 Å². The van der Waals surface area contributed by atoms with Gasteiger partial charge < -0.3 is 15.0 Å². The molecular weight excluding hydrogens is 388 g/mol. The van der Waals surface area contributed by atoms with Crippen LogP contribution in [0.3, 0.4) is 0 Å². The molecule has 2 rings (SSSR count). The molecule has 2 aromatic rings. The van der Waals surface area contributed by atoms with Gasteiger partial charge in [-0.05, 0) is 55.7 Å². The summed E-state index contributed by atoms with van der Waals surface area (Å²) in [5.74, 6) is 0.454. The summed E-state index contributed by atoms with van der Waals surface area (Å²) in [5, 5.41) is 3.55. The Kier molecular flexibility index (Phi) is 8.52. The molecule has 1 N–H and O–H groups in total. The molecular formula is C23H29ClN2O3. The van der Waals surface area contributed by atoms with Crippen LogP contribution in [0.15, 0.2) is 48.5 Å². The van der Waals surface area contributed by atoms with E-state index in [0.29, 0.717) is 11.6 Å². The lowest BCUT2D eigenvalue weighted by Gasteiger charge is -2.30. The van der Waals surface area contributed by atoms with Crippen molar-refractivity contribution in [2.24, 2.45) is 0 Å². The first kappa shape index (κ1) is 22.8. The highest BCUT2D eigenvalue weighted by atomic mass is 35.5. The van der Waals surface area contributed by atoms with Crippen LogP contribution in [0.2, 0.25) is 5.02 Å². The number of ether oxygens (including phenoxy) is 1. The first-order valence-electron chi connectivity index (χ1n) is 9.81. The van der Waals surface area contributed by atoms with Gasteiger partial charge in [0.1, 0.15) is 11.8 Å². The van der Waals surface area contributed by atoms with Gasteiger partial charge in [-0.15, -0.1) is 0 Å². The number of methoxy groups -OCH3 is 1. The van der Waals surface area contributed by atoms with E-state index in [0.717, 1.165) is 23.3 Å². The van der Waals surface area contributed by atoms with E-state index in [2.05, 4.69) is 5.32 Å². The molecule has 0 fully saturated rings. The molecule has 0 aromatic heterocycles. The van der Waals surface area contributed by atoms with E-state index in [1.165, 1.54) is 0 Å². The van der Waals surface area contributed by atoms with Gasteiger partial charge in [-0.3, -0.25) is 9.59 Å². The molecule has 0 aliphatic carbocycles. The van der Waals surface area contributed by atoms with E-state index in [4.69, 9.17) is 16.3 Å². The average molecular weight is 417 g/mol. The quantitative estimate of drug-likeness (QED) is 0.665. The van der Waals surface area contributed by atoms with Crippen LogP contribution >= 0.6 is 11.6 Å². The number of halogens is 1. The van der Waals surface area contributed by atoms with Gasteiger partial charge in [0.2, 0.25) is 11.8 Å². The van der Waals surface area contributed by atoms with Gasteiger partial charge in [-0.25, -0.2) is 0 Å². The lowest BCUT2D eigenvalue weighted by atomic mass is 10.1. The SMILES string of the molecule is CCC(C)NC(=O)C(C)N(Cc1ccc(OC)cc1)C(=O)Cc1cccc(Cl)c1. The number of carbonyl (C=O) groups excluding carboxylic acids is 2. The third kappa shape index (κ3) is 6.79. The van der Waals surface area contributed by atoms with Crippen molar-refractivity contribution >= 4 is 23.4 Å². The second-order valence-electron chi connectivity index (χ2n) is 7.17. The maximum atomic E-state index is 13.1. The highest BCUT2D eigenvalue weighted by Gasteiger charge is 2.26. The van der Waals surface area contributed by atoms with Crippen molar-refractivity contribution in [3.8, 4) is 5.75 Å². The van der Waals surface area contributed by atoms with Crippen LogP contribution < -0.4 is 10.1 Å². The van der Waals surface area contributed by atoms with Crippen LogP contribution in [0.4, 0.5) is 0 Å². The molecule has 29 heavy (non-hydrogen) atoms. The zero-order valence-corrected chi connectivity index (χ0v) is 18.2. The summed E-state index contributed by atoms with van der Waals surface area (Å²) in [6, 6.07) is 14.2. The summed E-state index contributed by atoms with van der Waals surface area (Å²) in [5.41, 5.74) is 1.74. The largest absolute Gasteiger partial charge is 0.497 e. The molecule has 0 spiro atoms. The highest BCUT2D eigenvalue weighted by Crippen LogP contribution is 2.17. The van der Waals surface area contributed by atoms with Gasteiger partial charge in [-0.2, -0.15) is 0 Å². The molecule has 0 bridgehead atoms. The summed E-state index contributed by atoms with van der Waals surface area (Å²) in [4.78, 5) is 27.5. The van der Waals surface area contributed by atoms with E-state index in [-0.39, 0.29) is 24.3 Å². The van der Waals surface area contributed by atoms with Crippen LogP contribution in [0.25, 0.3) is 0 Å². The Bertz CT molecular complexity index is 823. The van der Waals surface area contributed by atoms with Crippen molar-refractivity contribution in [1.29, 1.82) is 0 Å². The Hall–Kier alpha value is -2.53. The van der Waals surface area contributed by atoms with Crippen molar-refractivity contribution in [3.05, 3.63) is 64.7 Å². The number of rotatable bonds is 9. The van der Waals surface area contributed by atoms with E-state index in [1.54, 1.807) is 31.1 Å². The summed E-state index contributed by atoms with van der Waals surface area (Å²) in [7, 11) is 1.61. The smallest absolute Gasteiger partial charge is 0.242 e. The minimum atomic E-state index is -0.599. The average Bonchev–Trinajstić information content (AvgIpc) is 2.71. The molecule has 0 radical (unpaired) electrons. The number of hydrogen-bond donors (Lipinski definition) is 1. The molecule has 0 heterocycles. The van der Waals surface area contributed by atoms with E-state index in [9.17, 15) is 9.59 Å². The van der Waals surface area contributed by atoms with Crippen molar-refractivity contribution < 1.29 is 14.3 Å². The molecule has 0 saturated carbocycles. The Morgan fingerprint density at radius 1 is 1.10 bits per heavy atom. The number of hydrogen-bond acceptors (Lipinski definition) is 3. The standard InChI is InChI=1S/C23H29ClN2O3/c1-5-16(2)25-23(28)17(3)26(15-18-9-11-21(29-4)12-10-18)22(27)14-19-7-6-8-20(24)13-19/h6-13,16-17H,5,14-15H2,1-4H3,(H,25,28). The minimum absolute atomic E-state index is 0.0517. The minimum Gasteiger partial charge on any atom is -0.497 e. The lowest BCUT2D eigenvalue weighted by molar-refractivity contribution is -0.140. The molecule has 0 aliphatic heterocycles. The van der Waals surface area contributed by atoms with Crippen molar-refractivity contribution in [2.45, 2.75) is 52.2 Å². The van der Waals surface area contributed by atoms with E-state index < -0.39 is 6.04 Å². The van der Waals surface area contributed by atoms with Crippen LogP contribution in [-0.4, -0.2) is 35.9 Å². The second kappa shape index (κ2) is 10.9. The van der Waals surface area contributed by atoms with Crippen molar-refractivity contribution in [2.75, 3.05) is 7.11 Å². The molecule has 0 saturated heterocycles. The van der Waals surface area contributed by atoms with E-state index in [1.807, 2.05) is 50.2 Å². The fourth-order valence-electron chi connectivity index (χ4n) is 2.90. The zero-order chi connectivity index (χ0) is 21.4. The fraction of sp³-hybridized carbons (Fsp3) is 0.391. The lowest BCUT2D eigenvalue weighted by Crippen LogP contribution is -2.49. The topological polar surface area (TPSA) is 58.6 Å². The summed E-state index contributed by atoms with van der Waals surface area (Å²) in [6.07, 6.45) is 1.01. The first-order valence-corrected chi connectivity index (χ1v) is 10.2. The first-order chi connectivity index (χ1) is 13.8. The van der Waals surface area contributed by atoms with Gasteiger partial charge in [0, 0.05) is 17.6 Å². The van der Waals surface area contributed by atoms with Gasteiger partial charge in [0.25, 0.3) is 0 Å². The van der Waals surface area contributed by atoms with Crippen molar-refractivity contribution in [3.63, 3.8) is 0 Å². The third-order valence-electron chi connectivity index (χ3n) is 4.92. The molecule has 2 atom stereocenters. The number of nitrogens with zero attached hydrogens (tertiary/aromatic N) is 1.